The van der Waals surface area contributed by atoms with Crippen LogP contribution in [0.25, 0.3) is 0 Å². The standard InChI is InChI=1S/C24H28F2N4O3.ClH/c1-15-10-16(2)23(27-13-15)28-6-8-29(9-7-28)24(32)22-19(25)11-18(12-20(22)26)30-17(14-33-3)4-5-21(30)31;/h10-13,17H,4-9,14H2,1-3H3;1H. The first-order valence-corrected chi connectivity index (χ1v) is 11.1. The molecule has 7 nitrogen and oxygen atoms in total. The van der Waals surface area contributed by atoms with Gasteiger partial charge in [-0.15, -0.1) is 12.4 Å². The molecule has 1 aromatic heterocycles. The van der Waals surface area contributed by atoms with Gasteiger partial charge < -0.3 is 19.4 Å². The molecule has 4 rings (SSSR count). The number of carbonyl (C=O) groups is 2. The summed E-state index contributed by atoms with van der Waals surface area (Å²) in [6, 6.07) is 3.90. The highest BCUT2D eigenvalue weighted by Crippen LogP contribution is 2.30. The van der Waals surface area contributed by atoms with Crippen LogP contribution in [0.3, 0.4) is 0 Å². The molecular formula is C24H29ClF2N4O3. The van der Waals surface area contributed by atoms with E-state index in [0.29, 0.717) is 32.6 Å². The van der Waals surface area contributed by atoms with Crippen LogP contribution in [0, 0.1) is 25.5 Å². The average Bonchev–Trinajstić information content (AvgIpc) is 3.13. The fourth-order valence-electron chi connectivity index (χ4n) is 4.67. The number of pyridine rings is 1. The lowest BCUT2D eigenvalue weighted by Crippen LogP contribution is -2.49. The van der Waals surface area contributed by atoms with Gasteiger partial charge in [-0.3, -0.25) is 9.59 Å². The number of anilines is 2. The Bertz CT molecular complexity index is 1050. The first-order chi connectivity index (χ1) is 15.8. The van der Waals surface area contributed by atoms with Crippen molar-refractivity contribution in [3.05, 3.63) is 52.7 Å². The summed E-state index contributed by atoms with van der Waals surface area (Å²) in [5, 5.41) is 0. The van der Waals surface area contributed by atoms with Crippen LogP contribution in [-0.4, -0.2) is 67.6 Å². The van der Waals surface area contributed by atoms with E-state index in [-0.39, 0.29) is 43.1 Å². The minimum atomic E-state index is -0.968. The molecule has 2 amide bonds. The summed E-state index contributed by atoms with van der Waals surface area (Å²) in [7, 11) is 1.51. The average molecular weight is 495 g/mol. The van der Waals surface area contributed by atoms with Gasteiger partial charge in [0.05, 0.1) is 12.6 Å². The highest BCUT2D eigenvalue weighted by Gasteiger charge is 2.34. The number of nitrogens with zero attached hydrogens (tertiary/aromatic N) is 4. The fourth-order valence-corrected chi connectivity index (χ4v) is 4.67. The van der Waals surface area contributed by atoms with Gasteiger partial charge in [0.1, 0.15) is 23.0 Å². The van der Waals surface area contributed by atoms with Crippen molar-refractivity contribution < 1.29 is 23.1 Å². The maximum atomic E-state index is 15.0. The number of halogens is 3. The molecule has 1 atom stereocenters. The highest BCUT2D eigenvalue weighted by atomic mass is 35.5. The van der Waals surface area contributed by atoms with Gasteiger partial charge in [-0.05, 0) is 43.5 Å². The van der Waals surface area contributed by atoms with Gasteiger partial charge in [-0.25, -0.2) is 13.8 Å². The zero-order valence-electron chi connectivity index (χ0n) is 19.5. The van der Waals surface area contributed by atoms with E-state index in [1.165, 1.54) is 16.9 Å². The predicted molar refractivity (Wildman–Crippen MR) is 128 cm³/mol. The molecule has 2 fully saturated rings. The molecule has 0 spiro atoms. The zero-order valence-corrected chi connectivity index (χ0v) is 20.3. The van der Waals surface area contributed by atoms with Crippen LogP contribution >= 0.6 is 12.4 Å². The van der Waals surface area contributed by atoms with Gasteiger partial charge in [0, 0.05) is 51.6 Å². The smallest absolute Gasteiger partial charge is 0.259 e. The van der Waals surface area contributed by atoms with Crippen molar-refractivity contribution in [2.45, 2.75) is 32.7 Å². The topological polar surface area (TPSA) is 66.0 Å². The van der Waals surface area contributed by atoms with E-state index in [9.17, 15) is 18.4 Å². The summed E-state index contributed by atoms with van der Waals surface area (Å²) in [6.07, 6.45) is 2.64. The van der Waals surface area contributed by atoms with Crippen LogP contribution in [0.2, 0.25) is 0 Å². The van der Waals surface area contributed by atoms with E-state index < -0.39 is 23.1 Å². The second kappa shape index (κ2) is 10.7. The van der Waals surface area contributed by atoms with Gasteiger partial charge in [-0.2, -0.15) is 0 Å². The van der Waals surface area contributed by atoms with Crippen molar-refractivity contribution in [1.29, 1.82) is 0 Å². The largest absolute Gasteiger partial charge is 0.383 e. The number of hydrogen-bond donors (Lipinski definition) is 0. The van der Waals surface area contributed by atoms with E-state index in [2.05, 4.69) is 16.0 Å². The predicted octanol–water partition coefficient (Wildman–Crippen LogP) is 3.50. The minimum absolute atomic E-state index is 0. The first kappa shape index (κ1) is 25.8. The Morgan fingerprint density at radius 2 is 1.76 bits per heavy atom. The maximum absolute atomic E-state index is 15.0. The number of carbonyl (C=O) groups excluding carboxylic acids is 2. The quantitative estimate of drug-likeness (QED) is 0.636. The third kappa shape index (κ3) is 5.00. The highest BCUT2D eigenvalue weighted by molar-refractivity contribution is 5.98. The molecule has 3 heterocycles. The molecule has 1 aromatic carbocycles. The zero-order chi connectivity index (χ0) is 23.7. The molecule has 0 saturated carbocycles. The fraction of sp³-hybridized carbons (Fsp3) is 0.458. The Kier molecular flexibility index (Phi) is 8.09. The first-order valence-electron chi connectivity index (χ1n) is 11.1. The molecular weight excluding hydrogens is 466 g/mol. The number of aryl methyl sites for hydroxylation is 2. The summed E-state index contributed by atoms with van der Waals surface area (Å²) in [5.41, 5.74) is 1.64. The Balaban J connectivity index is 0.00000324. The molecule has 2 aliphatic rings. The van der Waals surface area contributed by atoms with Crippen LogP contribution < -0.4 is 9.80 Å². The summed E-state index contributed by atoms with van der Waals surface area (Å²) in [4.78, 5) is 34.6. The Morgan fingerprint density at radius 1 is 1.12 bits per heavy atom. The van der Waals surface area contributed by atoms with Crippen LogP contribution in [0.15, 0.2) is 24.4 Å². The van der Waals surface area contributed by atoms with Gasteiger partial charge in [-0.1, -0.05) is 6.07 Å². The third-order valence-corrected chi connectivity index (χ3v) is 6.26. The minimum Gasteiger partial charge on any atom is -0.383 e. The summed E-state index contributed by atoms with van der Waals surface area (Å²) in [5.74, 6) is -1.99. The summed E-state index contributed by atoms with van der Waals surface area (Å²) < 4.78 is 35.1. The molecule has 2 aromatic rings. The van der Waals surface area contributed by atoms with Gasteiger partial charge in [0.15, 0.2) is 0 Å². The van der Waals surface area contributed by atoms with Crippen molar-refractivity contribution in [3.63, 3.8) is 0 Å². The lowest BCUT2D eigenvalue weighted by molar-refractivity contribution is -0.117. The van der Waals surface area contributed by atoms with Gasteiger partial charge in [0.2, 0.25) is 5.91 Å². The number of piperazine rings is 1. The van der Waals surface area contributed by atoms with Crippen molar-refractivity contribution in [3.8, 4) is 0 Å². The number of benzene rings is 1. The maximum Gasteiger partial charge on any atom is 0.259 e. The van der Waals surface area contributed by atoms with E-state index >= 15 is 0 Å². The number of ether oxygens (including phenoxy) is 1. The Morgan fingerprint density at radius 3 is 2.35 bits per heavy atom. The lowest BCUT2D eigenvalue weighted by atomic mass is 10.1. The molecule has 10 heteroatoms. The monoisotopic (exact) mass is 494 g/mol. The third-order valence-electron chi connectivity index (χ3n) is 6.26. The van der Waals surface area contributed by atoms with E-state index in [0.717, 1.165) is 29.1 Å². The molecule has 0 N–H and O–H groups in total. The van der Waals surface area contributed by atoms with Crippen LogP contribution in [0.4, 0.5) is 20.3 Å². The van der Waals surface area contributed by atoms with Crippen LogP contribution in [0.1, 0.15) is 34.3 Å². The lowest BCUT2D eigenvalue weighted by Gasteiger charge is -2.36. The molecule has 0 radical (unpaired) electrons. The van der Waals surface area contributed by atoms with Crippen molar-refractivity contribution in [2.24, 2.45) is 0 Å². The van der Waals surface area contributed by atoms with Crippen molar-refractivity contribution >= 4 is 35.7 Å². The molecule has 34 heavy (non-hydrogen) atoms. The molecule has 184 valence electrons. The van der Waals surface area contributed by atoms with E-state index in [1.807, 2.05) is 13.8 Å². The molecule has 1 unspecified atom stereocenters. The molecule has 0 bridgehead atoms. The van der Waals surface area contributed by atoms with E-state index in [4.69, 9.17) is 4.74 Å². The number of aromatic nitrogens is 1. The molecule has 0 aliphatic carbocycles. The molecule has 2 aliphatic heterocycles. The van der Waals surface area contributed by atoms with Crippen LogP contribution in [0.5, 0.6) is 0 Å². The SMILES string of the molecule is COCC1CCC(=O)N1c1cc(F)c(C(=O)N2CCN(c3ncc(C)cc3C)CC2)c(F)c1.Cl. The Labute approximate surface area is 204 Å². The van der Waals surface area contributed by atoms with E-state index in [1.54, 1.807) is 6.20 Å². The second-order valence-electron chi connectivity index (χ2n) is 8.63. The number of amides is 2. The van der Waals surface area contributed by atoms with Gasteiger partial charge >= 0.3 is 0 Å². The number of rotatable bonds is 5. The second-order valence-corrected chi connectivity index (χ2v) is 8.63. The molecule has 2 saturated heterocycles. The Hall–Kier alpha value is -2.78. The number of methoxy groups -OCH3 is 1. The number of hydrogen-bond acceptors (Lipinski definition) is 5. The van der Waals surface area contributed by atoms with Gasteiger partial charge in [0.25, 0.3) is 5.91 Å². The normalized spacial score (nSPS) is 18.3. The summed E-state index contributed by atoms with van der Waals surface area (Å²) in [6.45, 7) is 5.93. The van der Waals surface area contributed by atoms with Crippen molar-refractivity contribution in [1.82, 2.24) is 9.88 Å². The summed E-state index contributed by atoms with van der Waals surface area (Å²) >= 11 is 0. The van der Waals surface area contributed by atoms with Crippen LogP contribution in [-0.2, 0) is 9.53 Å². The van der Waals surface area contributed by atoms with Crippen molar-refractivity contribution in [2.75, 3.05) is 49.7 Å².